The first-order valence-electron chi connectivity index (χ1n) is 17.0. The number of aliphatic carboxylic acids is 2. The topological polar surface area (TPSA) is 253 Å². The molecule has 55 heavy (non-hydrogen) atoms. The Morgan fingerprint density at radius 1 is 1.07 bits per heavy atom. The molecule has 2 bridgehead atoms. The van der Waals surface area contributed by atoms with Crippen molar-refractivity contribution in [2.24, 2.45) is 0 Å². The summed E-state index contributed by atoms with van der Waals surface area (Å²) in [4.78, 5) is 93.0. The Morgan fingerprint density at radius 3 is 2.27 bits per heavy atom. The number of fused-ring (bicyclic) bond motifs is 2. The van der Waals surface area contributed by atoms with Crippen LogP contribution < -0.4 is 31.3 Å². The summed E-state index contributed by atoms with van der Waals surface area (Å²) in [6, 6.07) is -3.00. The lowest BCUT2D eigenvalue weighted by atomic mass is 9.90. The first-order chi connectivity index (χ1) is 25.7. The summed E-state index contributed by atoms with van der Waals surface area (Å²) in [7, 11) is 1.42. The van der Waals surface area contributed by atoms with Crippen LogP contribution >= 0.6 is 23.2 Å². The average Bonchev–Trinajstić information content (AvgIpc) is 3.62. The van der Waals surface area contributed by atoms with Gasteiger partial charge in [0.05, 0.1) is 11.1 Å². The lowest BCUT2D eigenvalue weighted by Crippen LogP contribution is -2.65. The van der Waals surface area contributed by atoms with E-state index < -0.39 is 83.0 Å². The minimum Gasteiger partial charge on any atom is -0.483 e. The van der Waals surface area contributed by atoms with Crippen molar-refractivity contribution in [3.63, 3.8) is 0 Å². The van der Waals surface area contributed by atoms with Crippen LogP contribution in [-0.2, 0) is 33.6 Å². The molecule has 0 saturated carbocycles. The van der Waals surface area contributed by atoms with Crippen molar-refractivity contribution in [1.82, 2.24) is 31.5 Å². The zero-order chi connectivity index (χ0) is 41.5. The van der Waals surface area contributed by atoms with Crippen molar-refractivity contribution in [1.29, 1.82) is 0 Å². The lowest BCUT2D eigenvalue weighted by molar-refractivity contribution is -0.146. The van der Waals surface area contributed by atoms with Gasteiger partial charge in [0.1, 0.15) is 58.0 Å². The normalized spacial score (nSPS) is 24.8. The number of nitrogens with zero attached hydrogens (tertiary/aromatic N) is 1. The van der Waals surface area contributed by atoms with E-state index in [1.165, 1.54) is 52.1 Å². The Bertz CT molecular complexity index is 1880. The molecule has 0 aliphatic carbocycles. The molecule has 0 saturated heterocycles. The minimum atomic E-state index is -1.75. The van der Waals surface area contributed by atoms with Gasteiger partial charge in [0.15, 0.2) is 0 Å². The number of halogens is 2. The number of nitrogens with one attached hydrogen (secondary N) is 5. The number of benzene rings is 1. The lowest BCUT2D eigenvalue weighted by Gasteiger charge is -2.40. The van der Waals surface area contributed by atoms with Crippen LogP contribution in [-0.4, -0.2) is 105 Å². The molecule has 2 heterocycles. The highest BCUT2D eigenvalue weighted by Gasteiger charge is 2.47. The number of carbonyl (C=O) groups excluding carboxylic acids is 5. The summed E-state index contributed by atoms with van der Waals surface area (Å²) in [6.45, 7) is 11.5. The first kappa shape index (κ1) is 44.2. The van der Waals surface area contributed by atoms with Crippen LogP contribution in [0, 0.1) is 0 Å². The first-order valence-corrected chi connectivity index (χ1v) is 17.7. The highest BCUT2D eigenvalue weighted by Crippen LogP contribution is 2.39. The summed E-state index contributed by atoms with van der Waals surface area (Å²) in [5, 5.41) is 41.9. The third kappa shape index (κ3) is 10.1. The van der Waals surface area contributed by atoms with E-state index in [1.807, 2.05) is 5.32 Å². The standard InChI is InChI=1S/C36H44Cl2N6O11/c1-8-17(5)26(32(50)40-20(35(53)54)15-23(45)46)42-30(48)21-11-10-12-44(21)34(52)29-36(6,9-2)55-22-14-18(13-19(37)24(22)38)28(47)27(39-7)33(51)41-25(16(3)4)31(49)43-29/h10-11,13-15,21,25,27-29,39,47H,3,8-9,12H2,1-2,4-7H3,(H,40,50)(H,41,51)(H,42,48)(H,43,49)(H,45,46)(H,53,54)/t21-,25?,27-,28-,29-,36+/m0/s1. The summed E-state index contributed by atoms with van der Waals surface area (Å²) in [5.74, 6) is -8.02. The number of aliphatic hydroxyl groups excluding tert-OH is 1. The van der Waals surface area contributed by atoms with E-state index in [1.54, 1.807) is 13.8 Å². The fourth-order valence-corrected chi connectivity index (χ4v) is 6.09. The summed E-state index contributed by atoms with van der Waals surface area (Å²) < 4.78 is 6.41. The molecule has 1 aromatic carbocycles. The van der Waals surface area contributed by atoms with Gasteiger partial charge in [-0.25, -0.2) is 9.59 Å². The molecule has 1 unspecified atom stereocenters. The zero-order valence-electron chi connectivity index (χ0n) is 30.9. The second-order valence-electron chi connectivity index (χ2n) is 13.0. The van der Waals surface area contributed by atoms with E-state index in [0.29, 0.717) is 0 Å². The maximum absolute atomic E-state index is 14.7. The molecule has 0 aromatic heterocycles. The third-order valence-corrected chi connectivity index (χ3v) is 9.97. The maximum atomic E-state index is 14.7. The fraction of sp³-hybridized carbons (Fsp3) is 0.417. The van der Waals surface area contributed by atoms with Crippen LogP contribution in [0.25, 0.3) is 0 Å². The van der Waals surface area contributed by atoms with Crippen molar-refractivity contribution >= 4 is 64.7 Å². The molecule has 8 N–H and O–H groups in total. The molecule has 2 aliphatic rings. The smallest absolute Gasteiger partial charge is 0.352 e. The Kier molecular flexibility index (Phi) is 14.8. The predicted molar refractivity (Wildman–Crippen MR) is 200 cm³/mol. The van der Waals surface area contributed by atoms with Crippen LogP contribution in [0.4, 0.5) is 0 Å². The molecule has 0 radical (unpaired) electrons. The molecule has 0 spiro atoms. The Morgan fingerprint density at radius 2 is 1.73 bits per heavy atom. The van der Waals surface area contributed by atoms with Crippen molar-refractivity contribution in [3.8, 4) is 5.75 Å². The van der Waals surface area contributed by atoms with Gasteiger partial charge in [-0.05, 0) is 69.5 Å². The summed E-state index contributed by atoms with van der Waals surface area (Å²) in [5.41, 5.74) is -2.42. The number of carbonyl (C=O) groups is 7. The molecule has 0 fully saturated rings. The molecular weight excluding hydrogens is 763 g/mol. The SMILES string of the molecule is C=C(C)C1NC(=O)[C@@H](NC)[C@@H](O)c2cc(Cl)c(Cl)c(c2)O[C@](C)(CC)[C@H](C(=O)N2CC=C[C@H]2C(=O)NC(C(=O)NC(=CC(=O)O)C(=O)O)=C(C)CC)NC1=O. The van der Waals surface area contributed by atoms with Gasteiger partial charge < -0.3 is 51.5 Å². The van der Waals surface area contributed by atoms with Gasteiger partial charge in [0.25, 0.3) is 17.7 Å². The Balaban J connectivity index is 2.11. The van der Waals surface area contributed by atoms with Crippen LogP contribution in [0.1, 0.15) is 59.1 Å². The largest absolute Gasteiger partial charge is 0.483 e. The van der Waals surface area contributed by atoms with Crippen LogP contribution in [0.5, 0.6) is 5.75 Å². The van der Waals surface area contributed by atoms with E-state index in [9.17, 15) is 43.8 Å². The van der Waals surface area contributed by atoms with Gasteiger partial charge in [-0.1, -0.05) is 55.8 Å². The number of allylic oxidation sites excluding steroid dienone is 1. The second-order valence-corrected chi connectivity index (χ2v) is 13.8. The van der Waals surface area contributed by atoms with Crippen LogP contribution in [0.2, 0.25) is 10.0 Å². The number of amides is 5. The third-order valence-electron chi connectivity index (χ3n) is 9.19. The Hall–Kier alpha value is -5.23. The van der Waals surface area contributed by atoms with Gasteiger partial charge in [0.2, 0.25) is 11.8 Å². The van der Waals surface area contributed by atoms with Crippen LogP contribution in [0.15, 0.2) is 59.5 Å². The molecule has 2 aliphatic heterocycles. The number of hydrogen-bond donors (Lipinski definition) is 8. The minimum absolute atomic E-state index is 0.0321. The number of ether oxygens (including phenoxy) is 1. The molecule has 19 heteroatoms. The molecular formula is C36H44Cl2N6O11. The highest BCUT2D eigenvalue weighted by molar-refractivity contribution is 6.43. The van der Waals surface area contributed by atoms with E-state index >= 15 is 0 Å². The van der Waals surface area contributed by atoms with E-state index in [0.717, 1.165) is 4.90 Å². The van der Waals surface area contributed by atoms with E-state index in [-0.39, 0.29) is 63.7 Å². The number of carboxylic acid groups (broad SMARTS) is 2. The van der Waals surface area contributed by atoms with E-state index in [2.05, 4.69) is 27.8 Å². The Labute approximate surface area is 326 Å². The molecule has 17 nitrogen and oxygen atoms in total. The maximum Gasteiger partial charge on any atom is 0.352 e. The van der Waals surface area contributed by atoms with Gasteiger partial charge in [-0.15, -0.1) is 0 Å². The number of aliphatic hydroxyl groups is 1. The number of hydrogen-bond acceptors (Lipinski definition) is 10. The second kappa shape index (κ2) is 18.4. The quantitative estimate of drug-likeness (QED) is 0.117. The number of rotatable bonds is 11. The van der Waals surface area contributed by atoms with E-state index in [4.69, 9.17) is 33.0 Å². The number of likely N-dealkylation sites (N-methyl/N-ethyl adjacent to an activating group) is 1. The van der Waals surface area contributed by atoms with Gasteiger partial charge in [-0.2, -0.15) is 0 Å². The van der Waals surface area contributed by atoms with Crippen molar-refractivity contribution in [3.05, 3.63) is 75.1 Å². The molecule has 1 aromatic rings. The summed E-state index contributed by atoms with van der Waals surface area (Å²) in [6.07, 6.45) is 1.87. The molecule has 298 valence electrons. The zero-order valence-corrected chi connectivity index (χ0v) is 32.4. The predicted octanol–water partition coefficient (Wildman–Crippen LogP) is 1.46. The highest BCUT2D eigenvalue weighted by atomic mass is 35.5. The number of carboxylic acids is 2. The average molecular weight is 808 g/mol. The molecule has 5 amide bonds. The summed E-state index contributed by atoms with van der Waals surface area (Å²) >= 11 is 13.0. The van der Waals surface area contributed by atoms with Crippen molar-refractivity contribution in [2.45, 2.75) is 83.3 Å². The fourth-order valence-electron chi connectivity index (χ4n) is 5.72. The van der Waals surface area contributed by atoms with Crippen molar-refractivity contribution < 1.29 is 53.6 Å². The van der Waals surface area contributed by atoms with Gasteiger partial charge >= 0.3 is 11.9 Å². The van der Waals surface area contributed by atoms with Crippen molar-refractivity contribution in [2.75, 3.05) is 13.6 Å². The van der Waals surface area contributed by atoms with Gasteiger partial charge in [-0.3, -0.25) is 24.0 Å². The monoisotopic (exact) mass is 806 g/mol. The molecule has 3 rings (SSSR count). The van der Waals surface area contributed by atoms with Gasteiger partial charge in [0, 0.05) is 6.54 Å². The van der Waals surface area contributed by atoms with Crippen LogP contribution in [0.3, 0.4) is 0 Å². The molecule has 6 atom stereocenters.